The number of carbonyl (C=O) groups excluding carboxylic acids is 2. The van der Waals surface area contributed by atoms with Crippen molar-refractivity contribution in [1.82, 2.24) is 14.8 Å². The van der Waals surface area contributed by atoms with E-state index in [0.717, 1.165) is 48.9 Å². The maximum Gasteiger partial charge on any atom is 0.258 e. The number of allylic oxidation sites excluding steroid dienone is 2. The van der Waals surface area contributed by atoms with Gasteiger partial charge in [-0.25, -0.2) is 0 Å². The number of nitrogens with zero attached hydrogens (tertiary/aromatic N) is 2. The summed E-state index contributed by atoms with van der Waals surface area (Å²) in [6.45, 7) is 2.58. The van der Waals surface area contributed by atoms with Gasteiger partial charge in [0.2, 0.25) is 11.8 Å². The molecule has 2 aliphatic carbocycles. The lowest BCUT2D eigenvalue weighted by Crippen LogP contribution is -2.50. The minimum Gasteiger partial charge on any atom is -0.396 e. The molecule has 2 amide bonds. The minimum absolute atomic E-state index is 0.0133. The molecule has 0 aromatic carbocycles. The summed E-state index contributed by atoms with van der Waals surface area (Å²) < 4.78 is 1.79. The molecule has 7 nitrogen and oxygen atoms in total. The van der Waals surface area contributed by atoms with Crippen molar-refractivity contribution in [3.63, 3.8) is 0 Å². The Morgan fingerprint density at radius 1 is 1.27 bits per heavy atom. The summed E-state index contributed by atoms with van der Waals surface area (Å²) in [5, 5.41) is 13.1. The highest BCUT2D eigenvalue weighted by atomic mass is 16.3. The number of aliphatic hydroxyl groups is 1. The molecule has 1 aromatic rings. The van der Waals surface area contributed by atoms with E-state index in [9.17, 15) is 19.5 Å². The van der Waals surface area contributed by atoms with Crippen LogP contribution in [0.5, 0.6) is 0 Å². The summed E-state index contributed by atoms with van der Waals surface area (Å²) in [7, 11) is 0. The van der Waals surface area contributed by atoms with Gasteiger partial charge in [0, 0.05) is 48.7 Å². The summed E-state index contributed by atoms with van der Waals surface area (Å²) in [5.41, 5.74) is 2.64. The van der Waals surface area contributed by atoms with E-state index in [4.69, 9.17) is 0 Å². The van der Waals surface area contributed by atoms with Crippen molar-refractivity contribution in [2.75, 3.05) is 13.2 Å². The third-order valence-corrected chi connectivity index (χ3v) is 7.26. The third kappa shape index (κ3) is 2.86. The van der Waals surface area contributed by atoms with Gasteiger partial charge in [0.05, 0.1) is 6.04 Å². The van der Waals surface area contributed by atoms with Gasteiger partial charge in [-0.15, -0.1) is 0 Å². The van der Waals surface area contributed by atoms with Crippen LogP contribution in [0.15, 0.2) is 23.0 Å². The van der Waals surface area contributed by atoms with Crippen LogP contribution in [0.4, 0.5) is 0 Å². The molecule has 160 valence electrons. The van der Waals surface area contributed by atoms with E-state index >= 15 is 0 Å². The molecule has 5 rings (SSSR count). The van der Waals surface area contributed by atoms with Crippen molar-refractivity contribution in [3.8, 4) is 0 Å². The highest BCUT2D eigenvalue weighted by Crippen LogP contribution is 2.51. The SMILES string of the molecule is CCNC(=O)[C@@H]1[C@@H](CO)[C@@H]2Cn3c(ccc(C4=CCCC4)c3=O)[C@@H]2N1C(=O)C1CC1. The second-order valence-electron chi connectivity index (χ2n) is 9.02. The molecule has 4 aliphatic rings. The Balaban J connectivity index is 1.58. The fourth-order valence-electron chi connectivity index (χ4n) is 5.71. The first-order valence-corrected chi connectivity index (χ1v) is 11.2. The van der Waals surface area contributed by atoms with Gasteiger partial charge >= 0.3 is 0 Å². The van der Waals surface area contributed by atoms with Crippen LogP contribution in [0.2, 0.25) is 0 Å². The fraction of sp³-hybridized carbons (Fsp3) is 0.609. The first-order chi connectivity index (χ1) is 14.6. The quantitative estimate of drug-likeness (QED) is 0.767. The predicted molar refractivity (Wildman–Crippen MR) is 111 cm³/mol. The number of rotatable bonds is 5. The van der Waals surface area contributed by atoms with Crippen molar-refractivity contribution in [2.45, 2.75) is 57.7 Å². The van der Waals surface area contributed by atoms with Crippen LogP contribution in [0, 0.1) is 17.8 Å². The van der Waals surface area contributed by atoms with Gasteiger partial charge in [0.25, 0.3) is 5.56 Å². The summed E-state index contributed by atoms with van der Waals surface area (Å²) in [6, 6.07) is 2.84. The lowest BCUT2D eigenvalue weighted by molar-refractivity contribution is -0.142. The predicted octanol–water partition coefficient (Wildman–Crippen LogP) is 1.45. The van der Waals surface area contributed by atoms with Gasteiger partial charge in [-0.05, 0) is 56.7 Å². The first kappa shape index (κ1) is 19.5. The zero-order chi connectivity index (χ0) is 21.0. The van der Waals surface area contributed by atoms with Gasteiger partial charge in [-0.1, -0.05) is 6.08 Å². The number of amides is 2. The van der Waals surface area contributed by atoms with Gasteiger partial charge in [0.1, 0.15) is 6.04 Å². The molecular weight excluding hydrogens is 382 g/mol. The molecule has 4 atom stereocenters. The zero-order valence-electron chi connectivity index (χ0n) is 17.3. The molecule has 1 aromatic heterocycles. The van der Waals surface area contributed by atoms with E-state index in [-0.39, 0.29) is 47.8 Å². The van der Waals surface area contributed by atoms with Crippen LogP contribution < -0.4 is 10.9 Å². The van der Waals surface area contributed by atoms with Crippen molar-refractivity contribution in [2.24, 2.45) is 17.8 Å². The molecule has 0 unspecified atom stereocenters. The van der Waals surface area contributed by atoms with Crippen molar-refractivity contribution >= 4 is 17.4 Å². The molecule has 2 fully saturated rings. The van der Waals surface area contributed by atoms with E-state index < -0.39 is 6.04 Å². The molecule has 1 saturated carbocycles. The summed E-state index contributed by atoms with van der Waals surface area (Å²) >= 11 is 0. The standard InChI is InChI=1S/C23H29N3O4/c1-2-24-21(28)20-17(12-27)16-11-25-18(19(16)26(20)22(29)14-7-8-14)10-9-15(23(25)30)13-5-3-4-6-13/h5,9-10,14,16-17,19-20,27H,2-4,6-8,11-12H2,1H3,(H,24,28)/t16-,17-,19+,20-/m0/s1. The summed E-state index contributed by atoms with van der Waals surface area (Å²) in [4.78, 5) is 41.2. The molecule has 0 spiro atoms. The first-order valence-electron chi connectivity index (χ1n) is 11.2. The van der Waals surface area contributed by atoms with Crippen LogP contribution in [-0.4, -0.2) is 45.6 Å². The number of aromatic nitrogens is 1. The normalized spacial score (nSPS) is 29.5. The Morgan fingerprint density at radius 2 is 2.07 bits per heavy atom. The molecule has 0 bridgehead atoms. The Bertz CT molecular complexity index is 977. The molecule has 0 radical (unpaired) electrons. The highest BCUT2D eigenvalue weighted by molar-refractivity contribution is 5.91. The second-order valence-corrected chi connectivity index (χ2v) is 9.02. The van der Waals surface area contributed by atoms with Gasteiger partial charge < -0.3 is 19.9 Å². The summed E-state index contributed by atoms with van der Waals surface area (Å²) in [6.07, 6.45) is 6.84. The minimum atomic E-state index is -0.681. The highest BCUT2D eigenvalue weighted by Gasteiger charge is 2.58. The number of hydrogen-bond acceptors (Lipinski definition) is 4. The second kappa shape index (κ2) is 7.38. The van der Waals surface area contributed by atoms with Crippen LogP contribution in [-0.2, 0) is 16.1 Å². The van der Waals surface area contributed by atoms with Crippen LogP contribution in [0.25, 0.3) is 5.57 Å². The maximum absolute atomic E-state index is 13.3. The van der Waals surface area contributed by atoms with Crippen LogP contribution in [0.3, 0.4) is 0 Å². The van der Waals surface area contributed by atoms with Crippen LogP contribution in [0.1, 0.15) is 56.3 Å². The monoisotopic (exact) mass is 411 g/mol. The summed E-state index contributed by atoms with van der Waals surface area (Å²) in [5.74, 6) is -0.769. The average molecular weight is 412 g/mol. The van der Waals surface area contributed by atoms with Gasteiger partial charge in [0.15, 0.2) is 0 Å². The van der Waals surface area contributed by atoms with Gasteiger partial charge in [-0.2, -0.15) is 0 Å². The number of likely N-dealkylation sites (tertiary alicyclic amines) is 1. The topological polar surface area (TPSA) is 91.6 Å². The van der Waals surface area contributed by atoms with E-state index in [1.807, 2.05) is 19.1 Å². The van der Waals surface area contributed by atoms with Gasteiger partial charge in [-0.3, -0.25) is 14.4 Å². The number of fused-ring (bicyclic) bond motifs is 3. The Labute approximate surface area is 175 Å². The van der Waals surface area contributed by atoms with E-state index in [0.29, 0.717) is 13.1 Å². The maximum atomic E-state index is 13.3. The van der Waals surface area contributed by atoms with Crippen LogP contribution >= 0.6 is 0 Å². The molecule has 2 aliphatic heterocycles. The van der Waals surface area contributed by atoms with Crippen molar-refractivity contribution in [1.29, 1.82) is 0 Å². The number of likely N-dealkylation sites (N-methyl/N-ethyl adjacent to an activating group) is 1. The van der Waals surface area contributed by atoms with E-state index in [2.05, 4.69) is 11.4 Å². The smallest absolute Gasteiger partial charge is 0.258 e. The number of aliphatic hydroxyl groups excluding tert-OH is 1. The Kier molecular flexibility index (Phi) is 4.81. The Hall–Kier alpha value is -2.41. The van der Waals surface area contributed by atoms with E-state index in [1.54, 1.807) is 9.47 Å². The number of hydrogen-bond donors (Lipinski definition) is 2. The number of pyridine rings is 1. The molecule has 7 heteroatoms. The molecule has 30 heavy (non-hydrogen) atoms. The Morgan fingerprint density at radius 3 is 2.70 bits per heavy atom. The number of nitrogens with one attached hydrogen (secondary N) is 1. The van der Waals surface area contributed by atoms with Crippen molar-refractivity contribution in [3.05, 3.63) is 39.8 Å². The largest absolute Gasteiger partial charge is 0.396 e. The lowest BCUT2D eigenvalue weighted by Gasteiger charge is -2.31. The fourth-order valence-corrected chi connectivity index (χ4v) is 5.71. The average Bonchev–Trinajstić information content (AvgIpc) is 3.18. The molecule has 1 saturated heterocycles. The molecule has 2 N–H and O–H groups in total. The lowest BCUT2D eigenvalue weighted by atomic mass is 9.88. The molecular formula is C23H29N3O4. The zero-order valence-corrected chi connectivity index (χ0v) is 17.3. The molecule has 3 heterocycles. The number of carbonyl (C=O) groups is 2. The third-order valence-electron chi connectivity index (χ3n) is 7.26. The van der Waals surface area contributed by atoms with Crippen molar-refractivity contribution < 1.29 is 14.7 Å². The van der Waals surface area contributed by atoms with E-state index in [1.165, 1.54) is 0 Å².